The lowest BCUT2D eigenvalue weighted by Crippen LogP contribution is -2.36. The largest absolute Gasteiger partial charge is 0.355 e. The van der Waals surface area contributed by atoms with Gasteiger partial charge in [-0.2, -0.15) is 0 Å². The topological polar surface area (TPSA) is 41.1 Å². The monoisotopic (exact) mass is 250 g/mol. The number of benzene rings is 1. The Balaban J connectivity index is 1.83. The summed E-state index contributed by atoms with van der Waals surface area (Å²) in [7, 11) is 0. The zero-order valence-corrected chi connectivity index (χ0v) is 10.8. The van der Waals surface area contributed by atoms with Gasteiger partial charge < -0.3 is 10.6 Å². The molecule has 1 unspecified atom stereocenters. The second-order valence-electron chi connectivity index (χ2n) is 4.13. The molecule has 92 valence electrons. The maximum absolute atomic E-state index is 11.5. The van der Waals surface area contributed by atoms with Crippen LogP contribution < -0.4 is 10.6 Å². The summed E-state index contributed by atoms with van der Waals surface area (Å²) in [6.07, 6.45) is 0.980. The molecular formula is C13H18N2OS. The number of carbonyl (C=O) groups excluding carboxylic acids is 1. The molecule has 2 N–H and O–H groups in total. The highest BCUT2D eigenvalue weighted by molar-refractivity contribution is 7.99. The molecule has 1 atom stereocenters. The third-order valence-corrected chi connectivity index (χ3v) is 3.96. The van der Waals surface area contributed by atoms with Gasteiger partial charge in [0.05, 0.1) is 6.54 Å². The molecule has 0 aliphatic carbocycles. The molecule has 1 amide bonds. The third kappa shape index (κ3) is 3.23. The number of thioether (sulfide) groups is 1. The molecule has 0 aromatic heterocycles. The van der Waals surface area contributed by atoms with E-state index in [1.54, 1.807) is 0 Å². The lowest BCUT2D eigenvalue weighted by molar-refractivity contribution is -0.120. The van der Waals surface area contributed by atoms with Crippen molar-refractivity contribution in [1.82, 2.24) is 10.6 Å². The summed E-state index contributed by atoms with van der Waals surface area (Å²) in [5.41, 5.74) is 1.32. The second-order valence-corrected chi connectivity index (χ2v) is 5.19. The lowest BCUT2D eigenvalue weighted by Gasteiger charge is -2.12. The van der Waals surface area contributed by atoms with Crippen LogP contribution in [0.15, 0.2) is 29.2 Å². The first-order valence-corrected chi connectivity index (χ1v) is 7.01. The van der Waals surface area contributed by atoms with Gasteiger partial charge in [0, 0.05) is 23.2 Å². The second kappa shape index (κ2) is 6.07. The van der Waals surface area contributed by atoms with Crippen LogP contribution in [0.4, 0.5) is 0 Å². The van der Waals surface area contributed by atoms with Crippen molar-refractivity contribution < 1.29 is 4.79 Å². The number of carbonyl (C=O) groups is 1. The van der Waals surface area contributed by atoms with Gasteiger partial charge in [0.1, 0.15) is 0 Å². The maximum Gasteiger partial charge on any atom is 0.233 e. The minimum atomic E-state index is 0.0845. The first-order chi connectivity index (χ1) is 8.31. The summed E-state index contributed by atoms with van der Waals surface area (Å²) >= 11 is 1.85. The zero-order chi connectivity index (χ0) is 12.1. The molecule has 1 aromatic carbocycles. The number of hydrogen-bond donors (Lipinski definition) is 2. The van der Waals surface area contributed by atoms with Crippen LogP contribution in [0.25, 0.3) is 0 Å². The fourth-order valence-electron chi connectivity index (χ4n) is 1.87. The molecule has 1 heterocycles. The predicted molar refractivity (Wildman–Crippen MR) is 71.2 cm³/mol. The van der Waals surface area contributed by atoms with Crippen LogP contribution in [0.3, 0.4) is 0 Å². The van der Waals surface area contributed by atoms with Crippen LogP contribution in [0, 0.1) is 0 Å². The van der Waals surface area contributed by atoms with E-state index in [9.17, 15) is 4.79 Å². The summed E-state index contributed by atoms with van der Waals surface area (Å²) in [5.74, 6) is 1.10. The first kappa shape index (κ1) is 12.5. The smallest absolute Gasteiger partial charge is 0.233 e. The van der Waals surface area contributed by atoms with E-state index in [0.29, 0.717) is 12.6 Å². The van der Waals surface area contributed by atoms with E-state index in [1.807, 2.05) is 11.8 Å². The molecule has 1 aliphatic rings. The van der Waals surface area contributed by atoms with Crippen LogP contribution in [-0.2, 0) is 4.79 Å². The van der Waals surface area contributed by atoms with Crippen LogP contribution in [0.2, 0.25) is 0 Å². The van der Waals surface area contributed by atoms with E-state index < -0.39 is 0 Å². The summed E-state index contributed by atoms with van der Waals surface area (Å²) in [5, 5.41) is 6.19. The number of nitrogens with one attached hydrogen (secondary N) is 2. The fourth-order valence-corrected chi connectivity index (χ4v) is 3.07. The Morgan fingerprint density at radius 1 is 1.47 bits per heavy atom. The molecule has 0 saturated carbocycles. The molecule has 1 aliphatic heterocycles. The Morgan fingerprint density at radius 3 is 3.12 bits per heavy atom. The summed E-state index contributed by atoms with van der Waals surface area (Å²) in [6, 6.07) is 8.69. The molecule has 0 spiro atoms. The number of amides is 1. The van der Waals surface area contributed by atoms with E-state index in [1.165, 1.54) is 10.5 Å². The van der Waals surface area contributed by atoms with Crippen LogP contribution in [0.1, 0.15) is 24.9 Å². The summed E-state index contributed by atoms with van der Waals surface area (Å²) in [4.78, 5) is 12.8. The molecule has 1 aromatic rings. The molecular weight excluding hydrogens is 232 g/mol. The van der Waals surface area contributed by atoms with Crippen molar-refractivity contribution in [3.8, 4) is 0 Å². The number of hydrogen-bond acceptors (Lipinski definition) is 3. The number of rotatable bonds is 5. The molecule has 0 saturated heterocycles. The van der Waals surface area contributed by atoms with Crippen LogP contribution in [0.5, 0.6) is 0 Å². The molecule has 4 heteroatoms. The molecule has 0 bridgehead atoms. The maximum atomic E-state index is 11.5. The van der Waals surface area contributed by atoms with Gasteiger partial charge in [0.2, 0.25) is 5.91 Å². The highest BCUT2D eigenvalue weighted by atomic mass is 32.2. The zero-order valence-electron chi connectivity index (χ0n) is 10.0. The number of fused-ring (bicyclic) bond motifs is 1. The van der Waals surface area contributed by atoms with E-state index >= 15 is 0 Å². The minimum Gasteiger partial charge on any atom is -0.355 e. The average molecular weight is 250 g/mol. The SMILES string of the molecule is CCCNC(=O)CNC1CSc2ccccc21. The average Bonchev–Trinajstić information content (AvgIpc) is 2.77. The van der Waals surface area contributed by atoms with Crippen molar-refractivity contribution in [2.75, 3.05) is 18.8 Å². The van der Waals surface area contributed by atoms with Crippen molar-refractivity contribution in [2.24, 2.45) is 0 Å². The Morgan fingerprint density at radius 2 is 2.29 bits per heavy atom. The fraction of sp³-hybridized carbons (Fsp3) is 0.462. The van der Waals surface area contributed by atoms with Gasteiger partial charge in [-0.1, -0.05) is 25.1 Å². The van der Waals surface area contributed by atoms with Gasteiger partial charge >= 0.3 is 0 Å². The van der Waals surface area contributed by atoms with Crippen LogP contribution in [-0.4, -0.2) is 24.7 Å². The van der Waals surface area contributed by atoms with Crippen LogP contribution >= 0.6 is 11.8 Å². The highest BCUT2D eigenvalue weighted by Crippen LogP contribution is 2.37. The molecule has 17 heavy (non-hydrogen) atoms. The van der Waals surface area contributed by atoms with Gasteiger partial charge in [0.25, 0.3) is 0 Å². The van der Waals surface area contributed by atoms with Crippen molar-refractivity contribution in [3.63, 3.8) is 0 Å². The minimum absolute atomic E-state index is 0.0845. The Labute approximate surface area is 106 Å². The Hall–Kier alpha value is -1.00. The predicted octanol–water partition coefficient (Wildman–Crippen LogP) is 1.95. The molecule has 0 radical (unpaired) electrons. The van der Waals surface area contributed by atoms with Crippen molar-refractivity contribution in [2.45, 2.75) is 24.3 Å². The third-order valence-electron chi connectivity index (χ3n) is 2.78. The summed E-state index contributed by atoms with van der Waals surface area (Å²) < 4.78 is 0. The molecule has 3 nitrogen and oxygen atoms in total. The quantitative estimate of drug-likeness (QED) is 0.839. The van der Waals surface area contributed by atoms with Crippen molar-refractivity contribution in [1.29, 1.82) is 0 Å². The summed E-state index contributed by atoms with van der Waals surface area (Å²) in [6.45, 7) is 3.22. The van der Waals surface area contributed by atoms with E-state index in [4.69, 9.17) is 0 Å². The van der Waals surface area contributed by atoms with Gasteiger partial charge in [-0.3, -0.25) is 4.79 Å². The standard InChI is InChI=1S/C13H18N2OS/c1-2-7-14-13(16)8-15-11-9-17-12-6-4-3-5-10(11)12/h3-6,11,15H,2,7-9H2,1H3,(H,14,16). The van der Waals surface area contributed by atoms with E-state index in [-0.39, 0.29) is 5.91 Å². The van der Waals surface area contributed by atoms with Crippen molar-refractivity contribution >= 4 is 17.7 Å². The Bertz CT molecular complexity index is 395. The highest BCUT2D eigenvalue weighted by Gasteiger charge is 2.22. The molecule has 0 fully saturated rings. The van der Waals surface area contributed by atoms with Gasteiger partial charge in [0.15, 0.2) is 0 Å². The van der Waals surface area contributed by atoms with E-state index in [0.717, 1.165) is 18.7 Å². The normalized spacial score (nSPS) is 17.8. The first-order valence-electron chi connectivity index (χ1n) is 6.03. The van der Waals surface area contributed by atoms with E-state index in [2.05, 4.69) is 41.8 Å². The van der Waals surface area contributed by atoms with Crippen molar-refractivity contribution in [3.05, 3.63) is 29.8 Å². The lowest BCUT2D eigenvalue weighted by atomic mass is 10.1. The van der Waals surface area contributed by atoms with Gasteiger partial charge in [-0.05, 0) is 18.1 Å². The molecule has 2 rings (SSSR count). The van der Waals surface area contributed by atoms with Gasteiger partial charge in [-0.15, -0.1) is 11.8 Å². The Kier molecular flexibility index (Phi) is 4.45. The van der Waals surface area contributed by atoms with Gasteiger partial charge in [-0.25, -0.2) is 0 Å².